The minimum Gasteiger partial charge on any atom is -0.493 e. The molecule has 0 amide bonds. The van der Waals surface area contributed by atoms with Crippen LogP contribution in [0.2, 0.25) is 0 Å². The molecular formula is C20H27NO. The molecule has 118 valence electrons. The fourth-order valence-electron chi connectivity index (χ4n) is 2.20. The van der Waals surface area contributed by atoms with Gasteiger partial charge in [0.05, 0.1) is 6.61 Å². The molecule has 2 aromatic carbocycles. The van der Waals surface area contributed by atoms with E-state index < -0.39 is 0 Å². The summed E-state index contributed by atoms with van der Waals surface area (Å²) in [5, 5.41) is 3.46. The molecule has 22 heavy (non-hydrogen) atoms. The highest BCUT2D eigenvalue weighted by atomic mass is 16.5. The quantitative estimate of drug-likeness (QED) is 0.733. The van der Waals surface area contributed by atoms with Crippen molar-refractivity contribution in [2.45, 2.75) is 40.2 Å². The second kappa shape index (κ2) is 7.88. The van der Waals surface area contributed by atoms with Crippen LogP contribution in [0.25, 0.3) is 0 Å². The van der Waals surface area contributed by atoms with Gasteiger partial charge in [-0.15, -0.1) is 0 Å². The molecule has 0 spiro atoms. The van der Waals surface area contributed by atoms with Crippen molar-refractivity contribution in [3.05, 3.63) is 59.7 Å². The largest absolute Gasteiger partial charge is 0.493 e. The number of hydrogen-bond donors (Lipinski definition) is 1. The third-order valence-corrected chi connectivity index (χ3v) is 3.56. The number of rotatable bonds is 7. The summed E-state index contributed by atoms with van der Waals surface area (Å²) in [6, 6.07) is 17.0. The topological polar surface area (TPSA) is 21.3 Å². The van der Waals surface area contributed by atoms with E-state index in [0.717, 1.165) is 24.6 Å². The van der Waals surface area contributed by atoms with Crippen LogP contribution in [0.1, 0.15) is 44.7 Å². The Balaban J connectivity index is 1.92. The van der Waals surface area contributed by atoms with Crippen molar-refractivity contribution < 1.29 is 4.74 Å². The molecule has 0 saturated heterocycles. The lowest BCUT2D eigenvalue weighted by Gasteiger charge is -2.12. The average molecular weight is 297 g/mol. The van der Waals surface area contributed by atoms with Gasteiger partial charge in [-0.2, -0.15) is 0 Å². The Kier molecular flexibility index (Phi) is 5.88. The summed E-state index contributed by atoms with van der Waals surface area (Å²) in [7, 11) is 0. The van der Waals surface area contributed by atoms with Crippen molar-refractivity contribution in [3.8, 4) is 5.75 Å². The molecule has 0 fully saturated rings. The molecular weight excluding hydrogens is 270 g/mol. The zero-order valence-corrected chi connectivity index (χ0v) is 14.1. The van der Waals surface area contributed by atoms with E-state index in [1.54, 1.807) is 0 Å². The van der Waals surface area contributed by atoms with Crippen LogP contribution in [0, 0.1) is 5.92 Å². The molecule has 0 atom stereocenters. The van der Waals surface area contributed by atoms with Crippen molar-refractivity contribution in [1.82, 2.24) is 0 Å². The molecule has 2 heteroatoms. The van der Waals surface area contributed by atoms with Crippen LogP contribution in [0.4, 0.5) is 5.69 Å². The minimum atomic E-state index is 0.543. The first-order valence-corrected chi connectivity index (χ1v) is 8.10. The highest BCUT2D eigenvalue weighted by molar-refractivity contribution is 5.46. The van der Waals surface area contributed by atoms with Gasteiger partial charge in [0.1, 0.15) is 5.75 Å². The summed E-state index contributed by atoms with van der Waals surface area (Å²) in [6.45, 7) is 10.3. The molecule has 2 rings (SSSR count). The maximum Gasteiger partial charge on any atom is 0.119 e. The molecule has 0 aliphatic carbocycles. The van der Waals surface area contributed by atoms with Gasteiger partial charge in [0.2, 0.25) is 0 Å². The summed E-state index contributed by atoms with van der Waals surface area (Å²) < 4.78 is 5.77. The highest BCUT2D eigenvalue weighted by Crippen LogP contribution is 2.19. The van der Waals surface area contributed by atoms with Crippen molar-refractivity contribution in [1.29, 1.82) is 0 Å². The summed E-state index contributed by atoms with van der Waals surface area (Å²) in [4.78, 5) is 0. The maximum atomic E-state index is 5.77. The lowest BCUT2D eigenvalue weighted by molar-refractivity contribution is 0.271. The molecule has 0 bridgehead atoms. The molecule has 0 heterocycles. The number of anilines is 1. The van der Waals surface area contributed by atoms with Crippen LogP contribution < -0.4 is 10.1 Å². The van der Waals surface area contributed by atoms with E-state index in [1.165, 1.54) is 11.1 Å². The molecule has 2 nitrogen and oxygen atoms in total. The first kappa shape index (κ1) is 16.4. The summed E-state index contributed by atoms with van der Waals surface area (Å²) >= 11 is 0. The third-order valence-electron chi connectivity index (χ3n) is 3.56. The van der Waals surface area contributed by atoms with Crippen molar-refractivity contribution in [2.24, 2.45) is 5.92 Å². The molecule has 0 aliphatic rings. The number of hydrogen-bond acceptors (Lipinski definition) is 2. The SMILES string of the molecule is CC(C)COc1cccc(CNc2ccc(C(C)C)cc2)c1. The molecule has 0 unspecified atom stereocenters. The monoisotopic (exact) mass is 297 g/mol. The van der Waals surface area contributed by atoms with Crippen molar-refractivity contribution in [3.63, 3.8) is 0 Å². The second-order valence-corrected chi connectivity index (χ2v) is 6.48. The Hall–Kier alpha value is -1.96. The fourth-order valence-corrected chi connectivity index (χ4v) is 2.20. The predicted molar refractivity (Wildman–Crippen MR) is 94.6 cm³/mol. The van der Waals surface area contributed by atoms with Gasteiger partial charge in [-0.1, -0.05) is 52.0 Å². The van der Waals surface area contributed by atoms with Crippen molar-refractivity contribution in [2.75, 3.05) is 11.9 Å². The van der Waals surface area contributed by atoms with E-state index in [4.69, 9.17) is 4.74 Å². The zero-order chi connectivity index (χ0) is 15.9. The van der Waals surface area contributed by atoms with Crippen molar-refractivity contribution >= 4 is 5.69 Å². The van der Waals surface area contributed by atoms with Crippen LogP contribution >= 0.6 is 0 Å². The van der Waals surface area contributed by atoms with Crippen LogP contribution in [-0.4, -0.2) is 6.61 Å². The Morgan fingerprint density at radius 3 is 2.32 bits per heavy atom. The van der Waals surface area contributed by atoms with Crippen LogP contribution in [0.5, 0.6) is 5.75 Å². The third kappa shape index (κ3) is 5.10. The number of benzene rings is 2. The van der Waals surface area contributed by atoms with Gasteiger partial charge < -0.3 is 10.1 Å². The van der Waals surface area contributed by atoms with Gasteiger partial charge in [-0.3, -0.25) is 0 Å². The lowest BCUT2D eigenvalue weighted by atomic mass is 10.0. The van der Waals surface area contributed by atoms with Gasteiger partial charge >= 0.3 is 0 Å². The molecule has 1 N–H and O–H groups in total. The Labute approximate surface area is 134 Å². The Morgan fingerprint density at radius 2 is 1.68 bits per heavy atom. The molecule has 0 radical (unpaired) electrons. The number of nitrogens with one attached hydrogen (secondary N) is 1. The van der Waals surface area contributed by atoms with E-state index in [1.807, 2.05) is 6.07 Å². The predicted octanol–water partition coefficient (Wildman–Crippen LogP) is 5.46. The van der Waals surface area contributed by atoms with Gasteiger partial charge in [0.25, 0.3) is 0 Å². The van der Waals surface area contributed by atoms with E-state index in [0.29, 0.717) is 11.8 Å². The zero-order valence-electron chi connectivity index (χ0n) is 14.1. The van der Waals surface area contributed by atoms with Gasteiger partial charge in [0, 0.05) is 12.2 Å². The van der Waals surface area contributed by atoms with E-state index >= 15 is 0 Å². The first-order chi connectivity index (χ1) is 10.5. The van der Waals surface area contributed by atoms with Gasteiger partial charge in [0.15, 0.2) is 0 Å². The molecule has 0 aliphatic heterocycles. The van der Waals surface area contributed by atoms with E-state index in [-0.39, 0.29) is 0 Å². The lowest BCUT2D eigenvalue weighted by Crippen LogP contribution is -2.05. The van der Waals surface area contributed by atoms with Crippen LogP contribution in [0.15, 0.2) is 48.5 Å². The van der Waals surface area contributed by atoms with E-state index in [9.17, 15) is 0 Å². The first-order valence-electron chi connectivity index (χ1n) is 8.10. The smallest absolute Gasteiger partial charge is 0.119 e. The van der Waals surface area contributed by atoms with Crippen LogP contribution in [-0.2, 0) is 6.54 Å². The average Bonchev–Trinajstić information content (AvgIpc) is 2.52. The fraction of sp³-hybridized carbons (Fsp3) is 0.400. The molecule has 2 aromatic rings. The highest BCUT2D eigenvalue weighted by Gasteiger charge is 2.01. The normalized spacial score (nSPS) is 11.0. The minimum absolute atomic E-state index is 0.543. The number of ether oxygens (including phenoxy) is 1. The molecule has 0 aromatic heterocycles. The van der Waals surface area contributed by atoms with Gasteiger partial charge in [-0.05, 0) is 47.2 Å². The van der Waals surface area contributed by atoms with Crippen LogP contribution in [0.3, 0.4) is 0 Å². The molecule has 0 saturated carbocycles. The summed E-state index contributed by atoms with van der Waals surface area (Å²) in [5.41, 5.74) is 3.75. The van der Waals surface area contributed by atoms with Gasteiger partial charge in [-0.25, -0.2) is 0 Å². The maximum absolute atomic E-state index is 5.77. The van der Waals surface area contributed by atoms with E-state index in [2.05, 4.69) is 75.5 Å². The standard InChI is InChI=1S/C20H27NO/c1-15(2)14-22-20-7-5-6-17(12-20)13-21-19-10-8-18(9-11-19)16(3)4/h5-12,15-16,21H,13-14H2,1-4H3. The summed E-state index contributed by atoms with van der Waals surface area (Å²) in [5.74, 6) is 2.06. The Morgan fingerprint density at radius 1 is 0.955 bits per heavy atom. The second-order valence-electron chi connectivity index (χ2n) is 6.48. The Bertz CT molecular complexity index is 573. The summed E-state index contributed by atoms with van der Waals surface area (Å²) in [6.07, 6.45) is 0.